The summed E-state index contributed by atoms with van der Waals surface area (Å²) in [7, 11) is 0. The highest BCUT2D eigenvalue weighted by molar-refractivity contribution is 5.91. The molecule has 1 aliphatic rings. The molecule has 0 bridgehead atoms. The number of amides is 1. The summed E-state index contributed by atoms with van der Waals surface area (Å²) in [5.74, 6) is 0.186. The van der Waals surface area contributed by atoms with E-state index in [4.69, 9.17) is 4.42 Å². The first-order valence-electron chi connectivity index (χ1n) is 10.1. The predicted octanol–water partition coefficient (Wildman–Crippen LogP) is 3.32. The first-order chi connectivity index (χ1) is 14.7. The van der Waals surface area contributed by atoms with Crippen molar-refractivity contribution in [2.45, 2.75) is 25.4 Å². The van der Waals surface area contributed by atoms with Gasteiger partial charge in [-0.05, 0) is 42.7 Å². The summed E-state index contributed by atoms with van der Waals surface area (Å²) >= 11 is 0. The Morgan fingerprint density at radius 1 is 1.10 bits per heavy atom. The molecule has 0 aliphatic carbocycles. The van der Waals surface area contributed by atoms with Gasteiger partial charge in [-0.3, -0.25) is 13.9 Å². The second-order valence-corrected chi connectivity index (χ2v) is 7.59. The molecule has 0 N–H and O–H groups in total. The van der Waals surface area contributed by atoms with Gasteiger partial charge in [0.15, 0.2) is 11.4 Å². The number of nitrogens with zero attached hydrogens (tertiary/aromatic N) is 4. The third kappa shape index (κ3) is 3.22. The molecular weight excluding hydrogens is 380 g/mol. The van der Waals surface area contributed by atoms with E-state index in [9.17, 15) is 9.59 Å². The van der Waals surface area contributed by atoms with Crippen LogP contribution in [0.1, 0.15) is 35.0 Å². The van der Waals surface area contributed by atoms with E-state index in [0.717, 1.165) is 23.9 Å². The van der Waals surface area contributed by atoms with Crippen LogP contribution in [0.5, 0.6) is 0 Å². The van der Waals surface area contributed by atoms with Crippen LogP contribution in [0.4, 0.5) is 0 Å². The number of pyridine rings is 1. The SMILES string of the molecule is O=C(c1ccco1)N1CCC[C@H](n2c(=O)n(Cc3ccccc3)c3cccnc32)C1. The van der Waals surface area contributed by atoms with Gasteiger partial charge in [0.1, 0.15) is 0 Å². The van der Waals surface area contributed by atoms with E-state index < -0.39 is 0 Å². The molecule has 7 heteroatoms. The van der Waals surface area contributed by atoms with Gasteiger partial charge < -0.3 is 9.32 Å². The number of imidazole rings is 1. The molecule has 5 rings (SSSR count). The molecule has 1 fully saturated rings. The maximum atomic E-state index is 13.5. The van der Waals surface area contributed by atoms with Crippen molar-refractivity contribution in [1.29, 1.82) is 0 Å². The number of hydrogen-bond donors (Lipinski definition) is 0. The summed E-state index contributed by atoms with van der Waals surface area (Å²) in [6.07, 6.45) is 4.85. The highest BCUT2D eigenvalue weighted by Gasteiger charge is 2.30. The minimum Gasteiger partial charge on any atom is -0.459 e. The van der Waals surface area contributed by atoms with E-state index >= 15 is 0 Å². The topological polar surface area (TPSA) is 73.3 Å². The van der Waals surface area contributed by atoms with Crippen molar-refractivity contribution >= 4 is 17.1 Å². The number of piperidine rings is 1. The molecule has 1 aromatic carbocycles. The largest absolute Gasteiger partial charge is 0.459 e. The fraction of sp³-hybridized carbons (Fsp3) is 0.261. The van der Waals surface area contributed by atoms with E-state index in [0.29, 0.717) is 31.0 Å². The second-order valence-electron chi connectivity index (χ2n) is 7.59. The van der Waals surface area contributed by atoms with Gasteiger partial charge in [-0.2, -0.15) is 0 Å². The summed E-state index contributed by atoms with van der Waals surface area (Å²) in [4.78, 5) is 32.5. The van der Waals surface area contributed by atoms with Crippen LogP contribution in [0.2, 0.25) is 0 Å². The molecular formula is C23H22N4O3. The van der Waals surface area contributed by atoms with Gasteiger partial charge in [0, 0.05) is 19.3 Å². The molecule has 152 valence electrons. The molecule has 1 amide bonds. The predicted molar refractivity (Wildman–Crippen MR) is 112 cm³/mol. The number of likely N-dealkylation sites (tertiary alicyclic amines) is 1. The van der Waals surface area contributed by atoms with Gasteiger partial charge in [0.05, 0.1) is 24.4 Å². The lowest BCUT2D eigenvalue weighted by molar-refractivity contribution is 0.0647. The number of furan rings is 1. The van der Waals surface area contributed by atoms with E-state index in [-0.39, 0.29) is 17.6 Å². The number of fused-ring (bicyclic) bond motifs is 1. The summed E-state index contributed by atoms with van der Waals surface area (Å²) in [6.45, 7) is 1.60. The second kappa shape index (κ2) is 7.67. The Hall–Kier alpha value is -3.61. The Morgan fingerprint density at radius 2 is 1.97 bits per heavy atom. The lowest BCUT2D eigenvalue weighted by Crippen LogP contribution is -2.43. The molecule has 4 aromatic rings. The van der Waals surface area contributed by atoms with Gasteiger partial charge in [-0.15, -0.1) is 0 Å². The number of aromatic nitrogens is 3. The van der Waals surface area contributed by atoms with Crippen LogP contribution < -0.4 is 5.69 Å². The lowest BCUT2D eigenvalue weighted by Gasteiger charge is -2.32. The van der Waals surface area contributed by atoms with Gasteiger partial charge in [-0.1, -0.05) is 30.3 Å². The molecule has 1 atom stereocenters. The zero-order valence-corrected chi connectivity index (χ0v) is 16.5. The Morgan fingerprint density at radius 3 is 2.77 bits per heavy atom. The van der Waals surface area contributed by atoms with Crippen LogP contribution in [0.25, 0.3) is 11.2 Å². The van der Waals surface area contributed by atoms with Crippen molar-refractivity contribution in [3.63, 3.8) is 0 Å². The van der Waals surface area contributed by atoms with Crippen LogP contribution in [0.15, 0.2) is 76.3 Å². The van der Waals surface area contributed by atoms with Crippen LogP contribution in [-0.4, -0.2) is 38.0 Å². The van der Waals surface area contributed by atoms with Gasteiger partial charge >= 0.3 is 5.69 Å². The summed E-state index contributed by atoms with van der Waals surface area (Å²) in [5, 5.41) is 0. The molecule has 0 unspecified atom stereocenters. The maximum absolute atomic E-state index is 13.5. The van der Waals surface area contributed by atoms with Crippen molar-refractivity contribution < 1.29 is 9.21 Å². The van der Waals surface area contributed by atoms with Crippen molar-refractivity contribution in [2.75, 3.05) is 13.1 Å². The Labute approximate surface area is 173 Å². The Kier molecular flexibility index (Phi) is 4.71. The van der Waals surface area contributed by atoms with Crippen molar-refractivity contribution in [1.82, 2.24) is 19.0 Å². The summed E-state index contributed by atoms with van der Waals surface area (Å²) in [6, 6.07) is 17.0. The maximum Gasteiger partial charge on any atom is 0.330 e. The summed E-state index contributed by atoms with van der Waals surface area (Å²) < 4.78 is 8.81. The first kappa shape index (κ1) is 18.4. The fourth-order valence-electron chi connectivity index (χ4n) is 4.26. The highest BCUT2D eigenvalue weighted by atomic mass is 16.3. The fourth-order valence-corrected chi connectivity index (χ4v) is 4.26. The minimum absolute atomic E-state index is 0.0927. The first-order valence-corrected chi connectivity index (χ1v) is 10.1. The number of rotatable bonds is 4. The monoisotopic (exact) mass is 402 g/mol. The van der Waals surface area contributed by atoms with Crippen LogP contribution in [0, 0.1) is 0 Å². The summed E-state index contributed by atoms with van der Waals surface area (Å²) in [5.41, 5.74) is 2.43. The standard InChI is InChI=1S/C23H22N4O3/c28-22(20-11-6-14-30-20)25-13-5-9-18(16-25)27-21-19(10-4-12-24-21)26(23(27)29)15-17-7-2-1-3-8-17/h1-4,6-8,10-12,14,18H,5,9,13,15-16H2/t18-/m0/s1. The van der Waals surface area contributed by atoms with E-state index in [1.165, 1.54) is 6.26 Å². The number of carbonyl (C=O) groups is 1. The van der Waals surface area contributed by atoms with E-state index in [1.54, 1.807) is 32.4 Å². The van der Waals surface area contributed by atoms with Crippen molar-refractivity contribution in [3.05, 3.63) is 88.9 Å². The van der Waals surface area contributed by atoms with Crippen LogP contribution in [0.3, 0.4) is 0 Å². The van der Waals surface area contributed by atoms with Crippen LogP contribution >= 0.6 is 0 Å². The molecule has 1 saturated heterocycles. The minimum atomic E-state index is -0.140. The molecule has 4 heterocycles. The van der Waals surface area contributed by atoms with Crippen LogP contribution in [-0.2, 0) is 6.54 Å². The van der Waals surface area contributed by atoms with Crippen molar-refractivity contribution in [2.24, 2.45) is 0 Å². The lowest BCUT2D eigenvalue weighted by atomic mass is 10.1. The Bertz CT molecular complexity index is 1220. The number of carbonyl (C=O) groups excluding carboxylic acids is 1. The normalized spacial score (nSPS) is 16.8. The molecule has 7 nitrogen and oxygen atoms in total. The van der Waals surface area contributed by atoms with E-state index in [2.05, 4.69) is 4.98 Å². The number of benzene rings is 1. The average molecular weight is 402 g/mol. The smallest absolute Gasteiger partial charge is 0.330 e. The Balaban J connectivity index is 1.52. The zero-order valence-electron chi connectivity index (χ0n) is 16.5. The van der Waals surface area contributed by atoms with Crippen molar-refractivity contribution in [3.8, 4) is 0 Å². The molecule has 30 heavy (non-hydrogen) atoms. The number of hydrogen-bond acceptors (Lipinski definition) is 4. The molecule has 0 spiro atoms. The third-order valence-corrected chi connectivity index (χ3v) is 5.69. The van der Waals surface area contributed by atoms with Gasteiger partial charge in [0.2, 0.25) is 0 Å². The third-order valence-electron chi connectivity index (χ3n) is 5.69. The quantitative estimate of drug-likeness (QED) is 0.525. The highest BCUT2D eigenvalue weighted by Crippen LogP contribution is 2.25. The molecule has 1 aliphatic heterocycles. The molecule has 0 saturated carbocycles. The van der Waals surface area contributed by atoms with Gasteiger partial charge in [-0.25, -0.2) is 9.78 Å². The van der Waals surface area contributed by atoms with E-state index in [1.807, 2.05) is 42.5 Å². The zero-order chi connectivity index (χ0) is 20.5. The van der Waals surface area contributed by atoms with Gasteiger partial charge in [0.25, 0.3) is 5.91 Å². The molecule has 3 aromatic heterocycles. The average Bonchev–Trinajstić information content (AvgIpc) is 3.42. The molecule has 0 radical (unpaired) electrons.